The predicted molar refractivity (Wildman–Crippen MR) is 81.6 cm³/mol. The van der Waals surface area contributed by atoms with Gasteiger partial charge in [-0.15, -0.1) is 0 Å². The van der Waals surface area contributed by atoms with E-state index in [0.29, 0.717) is 12.3 Å². The van der Waals surface area contributed by atoms with Crippen molar-refractivity contribution in [1.29, 1.82) is 0 Å². The number of amides is 1. The Balaban J connectivity index is 2.91. The zero-order valence-corrected chi connectivity index (χ0v) is 12.9. The third-order valence-corrected chi connectivity index (χ3v) is 3.98. The minimum Gasteiger partial charge on any atom is -0.480 e. The Kier molecular flexibility index (Phi) is 6.58. The predicted octanol–water partition coefficient (Wildman–Crippen LogP) is 2.49. The average Bonchev–Trinajstić information content (AvgIpc) is 2.44. The summed E-state index contributed by atoms with van der Waals surface area (Å²) >= 11 is 1.59. The van der Waals surface area contributed by atoms with Gasteiger partial charge in [0.2, 0.25) is 5.91 Å². The van der Waals surface area contributed by atoms with Crippen molar-refractivity contribution in [2.24, 2.45) is 5.92 Å². The molecule has 0 saturated carbocycles. The van der Waals surface area contributed by atoms with Crippen LogP contribution in [0.5, 0.6) is 0 Å². The Labute approximate surface area is 124 Å². The van der Waals surface area contributed by atoms with E-state index in [1.54, 1.807) is 18.7 Å². The summed E-state index contributed by atoms with van der Waals surface area (Å²) in [4.78, 5) is 25.1. The summed E-state index contributed by atoms with van der Waals surface area (Å²) in [7, 11) is 0. The fourth-order valence-electron chi connectivity index (χ4n) is 1.92. The molecule has 1 N–H and O–H groups in total. The normalized spacial score (nSPS) is 13.6. The first-order valence-corrected chi connectivity index (χ1v) is 7.93. The van der Waals surface area contributed by atoms with Gasteiger partial charge in [0.25, 0.3) is 0 Å². The Hall–Kier alpha value is -1.49. The van der Waals surface area contributed by atoms with Gasteiger partial charge >= 0.3 is 5.97 Å². The van der Waals surface area contributed by atoms with Gasteiger partial charge in [0.05, 0.1) is 0 Å². The Morgan fingerprint density at radius 2 is 1.85 bits per heavy atom. The van der Waals surface area contributed by atoms with Crippen LogP contribution in [0.15, 0.2) is 30.3 Å². The van der Waals surface area contributed by atoms with Gasteiger partial charge in [-0.05, 0) is 18.7 Å². The lowest BCUT2D eigenvalue weighted by Gasteiger charge is -2.29. The molecule has 0 aliphatic carbocycles. The number of carbonyl (C=O) groups excluding carboxylic acids is 1. The monoisotopic (exact) mass is 295 g/mol. The molecule has 1 aromatic carbocycles. The SMILES string of the molecule is CSCC(C)C(=O)N(Cc1ccccc1)C(C)C(=O)O. The molecule has 0 radical (unpaired) electrons. The highest BCUT2D eigenvalue weighted by Crippen LogP contribution is 2.15. The number of carbonyl (C=O) groups is 2. The molecule has 0 aliphatic rings. The number of hydrogen-bond acceptors (Lipinski definition) is 3. The molecule has 0 bridgehead atoms. The summed E-state index contributed by atoms with van der Waals surface area (Å²) < 4.78 is 0. The lowest BCUT2D eigenvalue weighted by molar-refractivity contribution is -0.151. The van der Waals surface area contributed by atoms with Crippen molar-refractivity contribution in [2.75, 3.05) is 12.0 Å². The van der Waals surface area contributed by atoms with Gasteiger partial charge in [-0.25, -0.2) is 4.79 Å². The van der Waals surface area contributed by atoms with E-state index in [1.165, 1.54) is 4.90 Å². The second kappa shape index (κ2) is 7.94. The van der Waals surface area contributed by atoms with Crippen LogP contribution in [-0.2, 0) is 16.1 Å². The molecule has 2 unspecified atom stereocenters. The van der Waals surface area contributed by atoms with Crippen LogP contribution in [-0.4, -0.2) is 39.9 Å². The molecular formula is C15H21NO3S. The van der Waals surface area contributed by atoms with Gasteiger partial charge in [0.15, 0.2) is 0 Å². The molecule has 110 valence electrons. The van der Waals surface area contributed by atoms with Crippen LogP contribution in [0.4, 0.5) is 0 Å². The molecular weight excluding hydrogens is 274 g/mol. The molecule has 4 nitrogen and oxygen atoms in total. The Bertz CT molecular complexity index is 450. The highest BCUT2D eigenvalue weighted by atomic mass is 32.2. The minimum atomic E-state index is -0.981. The number of hydrogen-bond donors (Lipinski definition) is 1. The van der Waals surface area contributed by atoms with E-state index < -0.39 is 12.0 Å². The fourth-order valence-corrected chi connectivity index (χ4v) is 2.57. The third kappa shape index (κ3) is 4.56. The van der Waals surface area contributed by atoms with Crippen LogP contribution < -0.4 is 0 Å². The van der Waals surface area contributed by atoms with Gasteiger partial charge in [-0.2, -0.15) is 11.8 Å². The largest absolute Gasteiger partial charge is 0.480 e. The molecule has 0 spiro atoms. The molecule has 1 rings (SSSR count). The second-order valence-electron chi connectivity index (χ2n) is 4.82. The summed E-state index contributed by atoms with van der Waals surface area (Å²) in [5.74, 6) is -0.588. The van der Waals surface area contributed by atoms with Crippen molar-refractivity contribution in [3.05, 3.63) is 35.9 Å². The highest BCUT2D eigenvalue weighted by molar-refractivity contribution is 7.98. The van der Waals surface area contributed by atoms with Crippen molar-refractivity contribution >= 4 is 23.6 Å². The zero-order chi connectivity index (χ0) is 15.1. The van der Waals surface area contributed by atoms with E-state index in [9.17, 15) is 14.7 Å². The summed E-state index contributed by atoms with van der Waals surface area (Å²) in [5, 5.41) is 9.19. The van der Waals surface area contributed by atoms with Crippen LogP contribution in [0, 0.1) is 5.92 Å². The minimum absolute atomic E-state index is 0.113. The van der Waals surface area contributed by atoms with Gasteiger partial charge in [0.1, 0.15) is 6.04 Å². The van der Waals surface area contributed by atoms with E-state index in [4.69, 9.17) is 0 Å². The molecule has 0 aromatic heterocycles. The van der Waals surface area contributed by atoms with Crippen molar-refractivity contribution in [2.45, 2.75) is 26.4 Å². The molecule has 0 heterocycles. The summed E-state index contributed by atoms with van der Waals surface area (Å²) in [6.45, 7) is 3.71. The highest BCUT2D eigenvalue weighted by Gasteiger charge is 2.28. The number of benzene rings is 1. The topological polar surface area (TPSA) is 57.6 Å². The number of thioether (sulfide) groups is 1. The number of carboxylic acids is 1. The van der Waals surface area contributed by atoms with Gasteiger partial charge in [-0.1, -0.05) is 37.3 Å². The van der Waals surface area contributed by atoms with E-state index >= 15 is 0 Å². The molecule has 1 amide bonds. The van der Waals surface area contributed by atoms with Crippen LogP contribution in [0.2, 0.25) is 0 Å². The van der Waals surface area contributed by atoms with Crippen LogP contribution in [0.1, 0.15) is 19.4 Å². The molecule has 0 saturated heterocycles. The lowest BCUT2D eigenvalue weighted by atomic mass is 10.1. The maximum absolute atomic E-state index is 12.4. The van der Waals surface area contributed by atoms with Crippen molar-refractivity contribution in [3.63, 3.8) is 0 Å². The maximum Gasteiger partial charge on any atom is 0.326 e. The van der Waals surface area contributed by atoms with E-state index in [0.717, 1.165) is 5.56 Å². The van der Waals surface area contributed by atoms with Crippen LogP contribution in [0.3, 0.4) is 0 Å². The average molecular weight is 295 g/mol. The summed E-state index contributed by atoms with van der Waals surface area (Å²) in [5.41, 5.74) is 0.935. The molecule has 1 aromatic rings. The number of nitrogens with zero attached hydrogens (tertiary/aromatic N) is 1. The van der Waals surface area contributed by atoms with Crippen molar-refractivity contribution in [1.82, 2.24) is 4.90 Å². The summed E-state index contributed by atoms with van der Waals surface area (Å²) in [6, 6.07) is 8.63. The standard InChI is InChI=1S/C15H21NO3S/c1-11(10-20-3)14(17)16(12(2)15(18)19)9-13-7-5-4-6-8-13/h4-8,11-12H,9-10H2,1-3H3,(H,18,19). The molecule has 0 aliphatic heterocycles. The van der Waals surface area contributed by atoms with Crippen LogP contribution in [0.25, 0.3) is 0 Å². The van der Waals surface area contributed by atoms with Crippen molar-refractivity contribution in [3.8, 4) is 0 Å². The van der Waals surface area contributed by atoms with Crippen LogP contribution >= 0.6 is 11.8 Å². The Morgan fingerprint density at radius 1 is 1.25 bits per heavy atom. The maximum atomic E-state index is 12.4. The first kappa shape index (κ1) is 16.6. The molecule has 0 fully saturated rings. The first-order valence-electron chi connectivity index (χ1n) is 6.53. The lowest BCUT2D eigenvalue weighted by Crippen LogP contribution is -2.45. The molecule has 5 heteroatoms. The zero-order valence-electron chi connectivity index (χ0n) is 12.1. The van der Waals surface area contributed by atoms with E-state index in [1.807, 2.05) is 43.5 Å². The first-order chi connectivity index (χ1) is 9.47. The number of carboxylic acid groups (broad SMARTS) is 1. The molecule has 20 heavy (non-hydrogen) atoms. The van der Waals surface area contributed by atoms with Gasteiger partial charge in [0, 0.05) is 18.2 Å². The third-order valence-electron chi connectivity index (χ3n) is 3.14. The fraction of sp³-hybridized carbons (Fsp3) is 0.467. The number of rotatable bonds is 7. The van der Waals surface area contributed by atoms with E-state index in [2.05, 4.69) is 0 Å². The van der Waals surface area contributed by atoms with E-state index in [-0.39, 0.29) is 11.8 Å². The van der Waals surface area contributed by atoms with Gasteiger partial charge < -0.3 is 10.0 Å². The smallest absolute Gasteiger partial charge is 0.326 e. The van der Waals surface area contributed by atoms with Crippen molar-refractivity contribution < 1.29 is 14.7 Å². The quantitative estimate of drug-likeness (QED) is 0.839. The summed E-state index contributed by atoms with van der Waals surface area (Å²) in [6.07, 6.45) is 1.94. The number of aliphatic carboxylic acids is 1. The molecule has 2 atom stereocenters. The second-order valence-corrected chi connectivity index (χ2v) is 5.73. The van der Waals surface area contributed by atoms with Gasteiger partial charge in [-0.3, -0.25) is 4.79 Å². The Morgan fingerprint density at radius 3 is 2.35 bits per heavy atom.